The number of esters is 2. The van der Waals surface area contributed by atoms with E-state index < -0.39 is 58.4 Å². The number of aliphatic hydroxyl groups excluding tert-OH is 2. The maximum Gasteiger partial charge on any atom is 1.00 e. The van der Waals surface area contributed by atoms with Gasteiger partial charge in [-0.3, -0.25) is 14.2 Å². The summed E-state index contributed by atoms with van der Waals surface area (Å²) < 4.78 is 32.2. The van der Waals surface area contributed by atoms with Crippen LogP contribution in [0.3, 0.4) is 0 Å². The summed E-state index contributed by atoms with van der Waals surface area (Å²) in [6, 6.07) is 0. The van der Waals surface area contributed by atoms with E-state index in [0.717, 1.165) is 70.6 Å². The van der Waals surface area contributed by atoms with Crippen LogP contribution < -0.4 is 34.5 Å². The first-order chi connectivity index (χ1) is 29.7. The molecule has 0 saturated heterocycles. The minimum Gasteiger partial charge on any atom is -0.756 e. The third-order valence-corrected chi connectivity index (χ3v) is 8.94. The summed E-state index contributed by atoms with van der Waals surface area (Å²) in [5.41, 5.74) is 0. The zero-order valence-corrected chi connectivity index (χ0v) is 40.7. The molecule has 3 atom stereocenters. The molecule has 2 N–H and O–H groups in total. The molecule has 0 amide bonds. The van der Waals surface area contributed by atoms with Gasteiger partial charge in [0.05, 0.1) is 19.8 Å². The van der Waals surface area contributed by atoms with Crippen LogP contribution in [0.4, 0.5) is 0 Å². The average molecular weight is 889 g/mol. The van der Waals surface area contributed by atoms with Crippen molar-refractivity contribution >= 4 is 19.8 Å². The van der Waals surface area contributed by atoms with E-state index in [2.05, 4.69) is 134 Å². The maximum atomic E-state index is 12.6. The second-order valence-electron chi connectivity index (χ2n) is 13.6. The second kappa shape index (κ2) is 47.3. The summed E-state index contributed by atoms with van der Waals surface area (Å²) in [7, 11) is -4.92. The molecule has 10 nitrogen and oxygen atoms in total. The predicted octanol–water partition coefficient (Wildman–Crippen LogP) is 8.26. The number of hydrogen-bond acceptors (Lipinski definition) is 10. The number of phosphoric acid groups is 1. The number of phosphoric ester groups is 1. The van der Waals surface area contributed by atoms with E-state index in [1.54, 1.807) is 0 Å². The molecule has 0 heterocycles. The SMILES string of the molecule is CC/C=C\C/C=C\C/C=C\C/C=C\C/C=C\C/C=C\CCC(=O)OC[C@H](COP(=O)([O-])OCC(O)CO)OC(=O)CC/C=C\C/C=C\C/C=C\C/C=C\C/C=C\C/C=C\CC.[Na+]. The van der Waals surface area contributed by atoms with Gasteiger partial charge in [0, 0.05) is 12.8 Å². The summed E-state index contributed by atoms with van der Waals surface area (Å²) in [5.74, 6) is -1.18. The third-order valence-electron chi connectivity index (χ3n) is 8.01. The number of rotatable bonds is 38. The smallest absolute Gasteiger partial charge is 0.756 e. The topological polar surface area (TPSA) is 152 Å². The van der Waals surface area contributed by atoms with Crippen LogP contribution in [0.2, 0.25) is 0 Å². The summed E-state index contributed by atoms with van der Waals surface area (Å²) in [5, 5.41) is 18.3. The number of ether oxygens (including phenoxy) is 2. The molecule has 0 saturated carbocycles. The van der Waals surface area contributed by atoms with Crippen LogP contribution in [0.15, 0.2) is 146 Å². The Balaban J connectivity index is 0. The fraction of sp³-hybridized carbons (Fsp3) is 0.480. The minimum atomic E-state index is -4.92. The Morgan fingerprint density at radius 2 is 0.806 bits per heavy atom. The van der Waals surface area contributed by atoms with Crippen molar-refractivity contribution in [1.29, 1.82) is 0 Å². The molecule has 0 spiro atoms. The van der Waals surface area contributed by atoms with Crippen LogP contribution in [0, 0.1) is 0 Å². The zero-order valence-electron chi connectivity index (χ0n) is 37.8. The molecule has 0 aromatic rings. The van der Waals surface area contributed by atoms with Gasteiger partial charge in [-0.05, 0) is 89.9 Å². The Morgan fingerprint density at radius 3 is 1.15 bits per heavy atom. The molecule has 0 aromatic carbocycles. The second-order valence-corrected chi connectivity index (χ2v) is 15.0. The number of carbonyl (C=O) groups is 2. The van der Waals surface area contributed by atoms with E-state index >= 15 is 0 Å². The Hall–Kier alpha value is -3.15. The van der Waals surface area contributed by atoms with Crippen molar-refractivity contribution < 1.29 is 77.3 Å². The Bertz CT molecular complexity index is 1520. The summed E-state index contributed by atoms with van der Waals surface area (Å²) in [4.78, 5) is 37.1. The molecule has 0 bridgehead atoms. The molecule has 0 radical (unpaired) electrons. The van der Waals surface area contributed by atoms with Gasteiger partial charge in [-0.1, -0.05) is 160 Å². The van der Waals surface area contributed by atoms with E-state index in [1.165, 1.54) is 0 Å². The number of hydrogen-bond donors (Lipinski definition) is 2. The first-order valence-corrected chi connectivity index (χ1v) is 23.2. The van der Waals surface area contributed by atoms with Crippen LogP contribution in [-0.2, 0) is 32.7 Å². The van der Waals surface area contributed by atoms with Crippen LogP contribution in [-0.4, -0.2) is 60.8 Å². The van der Waals surface area contributed by atoms with Gasteiger partial charge < -0.3 is 33.6 Å². The van der Waals surface area contributed by atoms with Gasteiger partial charge in [-0.2, -0.15) is 0 Å². The maximum absolute atomic E-state index is 12.6. The van der Waals surface area contributed by atoms with E-state index in [4.69, 9.17) is 19.1 Å². The summed E-state index contributed by atoms with van der Waals surface area (Å²) >= 11 is 0. The van der Waals surface area contributed by atoms with Crippen molar-refractivity contribution in [3.63, 3.8) is 0 Å². The normalized spacial score (nSPS) is 14.9. The fourth-order valence-electron chi connectivity index (χ4n) is 4.74. The van der Waals surface area contributed by atoms with Gasteiger partial charge in [0.15, 0.2) is 6.10 Å². The summed E-state index contributed by atoms with van der Waals surface area (Å²) in [6.07, 6.45) is 59.6. The first-order valence-electron chi connectivity index (χ1n) is 21.8. The van der Waals surface area contributed by atoms with Gasteiger partial charge in [0.1, 0.15) is 12.7 Å². The molecule has 0 aliphatic rings. The molecule has 0 rings (SSSR count). The molecule has 0 aliphatic carbocycles. The standard InChI is InChI=1S/C50H75O10P.Na/c1-3-5-7-9-11-13-15-17-19-21-23-25-27-29-31-33-35-37-39-41-49(53)57-45-48(46-59-61(55,56)58-44-47(52)43-51)60-50(54)42-40-38-36-34-32-30-28-26-24-22-20-18-16-14-12-10-8-6-4-2;/h5-8,11-14,17-20,23-26,29-32,35-38,47-48,51-52H,3-4,9-10,15-16,21-22,27-28,33-34,39-46H2,1-2H3,(H,55,56);/q;+1/p-1/b7-5-,8-6-,13-11-,14-12-,19-17-,20-18-,25-23-,26-24-,31-29-,32-30-,37-35-,38-36-;/t47?,48-;/m1./s1. The minimum absolute atomic E-state index is 0. The molecule has 340 valence electrons. The molecule has 0 aliphatic heterocycles. The Morgan fingerprint density at radius 1 is 0.500 bits per heavy atom. The van der Waals surface area contributed by atoms with Gasteiger partial charge in [-0.15, -0.1) is 0 Å². The van der Waals surface area contributed by atoms with Crippen LogP contribution in [0.25, 0.3) is 0 Å². The molecule has 62 heavy (non-hydrogen) atoms. The molecule has 12 heteroatoms. The molecule has 2 unspecified atom stereocenters. The molecule has 0 aromatic heterocycles. The Kier molecular flexibility index (Phi) is 46.5. The van der Waals surface area contributed by atoms with E-state index in [1.807, 2.05) is 30.4 Å². The van der Waals surface area contributed by atoms with Crippen molar-refractivity contribution in [2.24, 2.45) is 0 Å². The van der Waals surface area contributed by atoms with Crippen molar-refractivity contribution in [2.75, 3.05) is 26.4 Å². The van der Waals surface area contributed by atoms with Gasteiger partial charge in [-0.25, -0.2) is 0 Å². The molecular formula is C50H74NaO10P. The van der Waals surface area contributed by atoms with E-state index in [9.17, 15) is 24.2 Å². The van der Waals surface area contributed by atoms with Gasteiger partial charge >= 0.3 is 41.5 Å². The van der Waals surface area contributed by atoms with Crippen LogP contribution in [0.5, 0.6) is 0 Å². The number of aliphatic hydroxyl groups is 2. The van der Waals surface area contributed by atoms with E-state index in [0.29, 0.717) is 19.3 Å². The van der Waals surface area contributed by atoms with Crippen molar-refractivity contribution in [2.45, 2.75) is 129 Å². The zero-order chi connectivity index (χ0) is 44.8. The Labute approximate surface area is 395 Å². The van der Waals surface area contributed by atoms with E-state index in [-0.39, 0.29) is 42.4 Å². The van der Waals surface area contributed by atoms with Crippen molar-refractivity contribution in [1.82, 2.24) is 0 Å². The van der Waals surface area contributed by atoms with Crippen LogP contribution in [0.1, 0.15) is 117 Å². The first kappa shape index (κ1) is 60.9. The monoisotopic (exact) mass is 888 g/mol. The quantitative estimate of drug-likeness (QED) is 0.0269. The number of carbonyl (C=O) groups excluding carboxylic acids is 2. The third kappa shape index (κ3) is 46.4. The summed E-state index contributed by atoms with van der Waals surface area (Å²) in [6.45, 7) is 1.76. The molecule has 0 fully saturated rings. The molecular weight excluding hydrogens is 815 g/mol. The largest absolute Gasteiger partial charge is 1.00 e. The van der Waals surface area contributed by atoms with Crippen molar-refractivity contribution in [3.8, 4) is 0 Å². The van der Waals surface area contributed by atoms with Crippen LogP contribution >= 0.6 is 7.82 Å². The van der Waals surface area contributed by atoms with Crippen molar-refractivity contribution in [3.05, 3.63) is 146 Å². The number of allylic oxidation sites excluding steroid dienone is 24. The van der Waals surface area contributed by atoms with Gasteiger partial charge in [0.2, 0.25) is 0 Å². The van der Waals surface area contributed by atoms with Gasteiger partial charge in [0.25, 0.3) is 7.82 Å². The fourth-order valence-corrected chi connectivity index (χ4v) is 5.52. The average Bonchev–Trinajstić information content (AvgIpc) is 3.25. The predicted molar refractivity (Wildman–Crippen MR) is 248 cm³/mol.